The Morgan fingerprint density at radius 2 is 1.48 bits per heavy atom. The van der Waals surface area contributed by atoms with Crippen molar-refractivity contribution in [3.8, 4) is 0 Å². The van der Waals surface area contributed by atoms with Gasteiger partial charge in [-0.05, 0) is 66.5 Å². The molecule has 5 nitrogen and oxygen atoms in total. The van der Waals surface area contributed by atoms with E-state index in [1.54, 1.807) is 24.3 Å². The fraction of sp³-hybridized carbons (Fsp3) is 0.320. The van der Waals surface area contributed by atoms with E-state index in [1.165, 1.54) is 34.1 Å². The summed E-state index contributed by atoms with van der Waals surface area (Å²) in [6.45, 7) is -0.168. The zero-order valence-electron chi connectivity index (χ0n) is 16.7. The molecule has 2 aromatic rings. The van der Waals surface area contributed by atoms with Crippen LogP contribution in [0.2, 0.25) is 0 Å². The summed E-state index contributed by atoms with van der Waals surface area (Å²) >= 11 is 0. The zero-order chi connectivity index (χ0) is 21.3. The number of halogens is 1. The van der Waals surface area contributed by atoms with Crippen molar-refractivity contribution >= 4 is 23.4 Å². The van der Waals surface area contributed by atoms with Crippen LogP contribution in [-0.4, -0.2) is 29.3 Å². The third kappa shape index (κ3) is 2.70. The highest BCUT2D eigenvalue weighted by Gasteiger charge is 2.67. The van der Waals surface area contributed by atoms with Gasteiger partial charge in [0.25, 0.3) is 5.91 Å². The van der Waals surface area contributed by atoms with Crippen LogP contribution in [0.15, 0.2) is 66.7 Å². The van der Waals surface area contributed by atoms with Crippen LogP contribution >= 0.6 is 0 Å². The molecule has 5 aliphatic rings. The van der Waals surface area contributed by atoms with Crippen molar-refractivity contribution in [2.75, 3.05) is 11.6 Å². The van der Waals surface area contributed by atoms with E-state index < -0.39 is 5.82 Å². The van der Waals surface area contributed by atoms with E-state index in [2.05, 4.69) is 12.2 Å². The molecule has 2 saturated carbocycles. The quantitative estimate of drug-likeness (QED) is 0.566. The monoisotopic (exact) mass is 416 g/mol. The summed E-state index contributed by atoms with van der Waals surface area (Å²) in [7, 11) is 0. The summed E-state index contributed by atoms with van der Waals surface area (Å²) in [5.41, 5.74) is 0.876. The number of anilines is 1. The van der Waals surface area contributed by atoms with Crippen LogP contribution in [0.3, 0.4) is 0 Å². The molecule has 31 heavy (non-hydrogen) atoms. The number of allylic oxidation sites excluding steroid dienone is 2. The molecule has 2 aromatic carbocycles. The van der Waals surface area contributed by atoms with Crippen molar-refractivity contribution in [1.29, 1.82) is 0 Å². The number of benzene rings is 2. The topological polar surface area (TPSA) is 57.7 Å². The molecule has 3 fully saturated rings. The maximum atomic E-state index is 13.5. The van der Waals surface area contributed by atoms with Crippen molar-refractivity contribution in [2.24, 2.45) is 35.5 Å². The van der Waals surface area contributed by atoms with Gasteiger partial charge in [0.15, 0.2) is 0 Å². The van der Waals surface area contributed by atoms with Crippen molar-refractivity contribution < 1.29 is 18.8 Å². The molecule has 0 spiro atoms. The lowest BCUT2D eigenvalue weighted by Gasteiger charge is -2.37. The van der Waals surface area contributed by atoms with Crippen molar-refractivity contribution in [2.45, 2.75) is 6.42 Å². The average molecular weight is 416 g/mol. The summed E-state index contributed by atoms with van der Waals surface area (Å²) in [6, 6.07) is 14.2. The molecule has 3 amide bonds. The largest absolute Gasteiger partial charge is 0.290 e. The second kappa shape index (κ2) is 6.61. The number of carbonyl (C=O) groups excluding carboxylic acids is 3. The van der Waals surface area contributed by atoms with Crippen LogP contribution in [0.25, 0.3) is 0 Å². The first-order chi connectivity index (χ1) is 15.0. The number of nitrogens with zero attached hydrogens (tertiary/aromatic N) is 2. The molecule has 2 bridgehead atoms. The van der Waals surface area contributed by atoms with Gasteiger partial charge in [-0.1, -0.05) is 30.4 Å². The number of imide groups is 1. The molecule has 0 radical (unpaired) electrons. The first-order valence-corrected chi connectivity index (χ1v) is 10.7. The van der Waals surface area contributed by atoms with Crippen LogP contribution in [-0.2, 0) is 9.59 Å². The van der Waals surface area contributed by atoms with E-state index >= 15 is 0 Å². The van der Waals surface area contributed by atoms with Gasteiger partial charge in [0.05, 0.1) is 11.8 Å². The molecule has 1 heterocycles. The first kappa shape index (κ1) is 18.5. The molecule has 0 N–H and O–H groups in total. The van der Waals surface area contributed by atoms with Gasteiger partial charge in [-0.3, -0.25) is 24.2 Å². The van der Waals surface area contributed by atoms with Gasteiger partial charge in [0.1, 0.15) is 12.5 Å². The Morgan fingerprint density at radius 3 is 2.06 bits per heavy atom. The van der Waals surface area contributed by atoms with Crippen LogP contribution in [0, 0.1) is 41.3 Å². The number of hydrogen-bond donors (Lipinski definition) is 0. The van der Waals surface area contributed by atoms with Gasteiger partial charge in [0, 0.05) is 11.3 Å². The smallest absolute Gasteiger partial charge is 0.259 e. The van der Waals surface area contributed by atoms with Gasteiger partial charge in [-0.25, -0.2) is 4.39 Å². The minimum atomic E-state index is -0.419. The molecule has 156 valence electrons. The summed E-state index contributed by atoms with van der Waals surface area (Å²) in [4.78, 5) is 42.7. The molecular formula is C25H21FN2O3. The number of rotatable bonds is 4. The Labute approximate surface area is 179 Å². The van der Waals surface area contributed by atoms with Gasteiger partial charge < -0.3 is 0 Å². The highest BCUT2D eigenvalue weighted by atomic mass is 19.1. The Kier molecular flexibility index (Phi) is 3.94. The van der Waals surface area contributed by atoms with E-state index in [9.17, 15) is 18.8 Å². The molecule has 6 atom stereocenters. The maximum absolute atomic E-state index is 13.5. The molecule has 4 aliphatic carbocycles. The van der Waals surface area contributed by atoms with Crippen molar-refractivity contribution in [3.63, 3.8) is 0 Å². The zero-order valence-corrected chi connectivity index (χ0v) is 16.7. The molecule has 0 aromatic heterocycles. The Morgan fingerprint density at radius 1 is 0.903 bits per heavy atom. The van der Waals surface area contributed by atoms with E-state index in [4.69, 9.17) is 0 Å². The highest BCUT2D eigenvalue weighted by Crippen LogP contribution is 2.65. The van der Waals surface area contributed by atoms with Crippen molar-refractivity contribution in [3.05, 3.63) is 78.1 Å². The lowest BCUT2D eigenvalue weighted by molar-refractivity contribution is -0.140. The van der Waals surface area contributed by atoms with Gasteiger partial charge in [0.2, 0.25) is 11.8 Å². The van der Waals surface area contributed by atoms with E-state index in [1.807, 2.05) is 6.07 Å². The molecule has 7 rings (SSSR count). The minimum absolute atomic E-state index is 0.130. The normalized spacial score (nSPS) is 32.1. The summed E-state index contributed by atoms with van der Waals surface area (Å²) in [6.07, 6.45) is 5.35. The highest BCUT2D eigenvalue weighted by molar-refractivity contribution is 6.09. The molecule has 6 unspecified atom stereocenters. The van der Waals surface area contributed by atoms with E-state index in [-0.39, 0.29) is 48.1 Å². The van der Waals surface area contributed by atoms with Crippen LogP contribution < -0.4 is 4.90 Å². The lowest BCUT2D eigenvalue weighted by atomic mass is 9.63. The second-order valence-electron chi connectivity index (χ2n) is 8.98. The Bertz CT molecular complexity index is 1080. The van der Waals surface area contributed by atoms with Gasteiger partial charge in [-0.2, -0.15) is 0 Å². The molecule has 1 saturated heterocycles. The average Bonchev–Trinajstić information content (AvgIpc) is 3.58. The number of amides is 3. The molecule has 1 aliphatic heterocycles. The minimum Gasteiger partial charge on any atom is -0.290 e. The third-order valence-electron chi connectivity index (χ3n) is 7.44. The number of carbonyl (C=O) groups is 3. The van der Waals surface area contributed by atoms with Gasteiger partial charge in [-0.15, -0.1) is 0 Å². The second-order valence-corrected chi connectivity index (χ2v) is 8.98. The summed E-state index contributed by atoms with van der Waals surface area (Å²) < 4.78 is 13.5. The van der Waals surface area contributed by atoms with Gasteiger partial charge >= 0.3 is 0 Å². The predicted octanol–water partition coefficient (Wildman–Crippen LogP) is 3.48. The van der Waals surface area contributed by atoms with Crippen LogP contribution in [0.5, 0.6) is 0 Å². The first-order valence-electron chi connectivity index (χ1n) is 10.7. The van der Waals surface area contributed by atoms with Crippen molar-refractivity contribution in [1.82, 2.24) is 4.90 Å². The molecule has 6 heteroatoms. The van der Waals surface area contributed by atoms with E-state index in [0.717, 1.165) is 6.42 Å². The number of likely N-dealkylation sites (tertiary alicyclic amines) is 1. The van der Waals surface area contributed by atoms with E-state index in [0.29, 0.717) is 23.1 Å². The SMILES string of the molecule is O=C1C2C3C=CC(C4CC34)C2C(=O)N1CN(C(=O)c1ccccc1)c1ccc(F)cc1. The number of hydrogen-bond acceptors (Lipinski definition) is 3. The Balaban J connectivity index is 1.34. The fourth-order valence-corrected chi connectivity index (χ4v) is 5.92. The Hall–Kier alpha value is -3.28. The van der Waals surface area contributed by atoms with Crippen LogP contribution in [0.1, 0.15) is 16.8 Å². The summed E-state index contributed by atoms with van der Waals surface area (Å²) in [5, 5.41) is 0. The molecular weight excluding hydrogens is 395 g/mol. The standard InChI is InChI=1S/C25H21FN2O3/c26-15-6-8-16(9-7-15)27(23(29)14-4-2-1-3-5-14)13-28-24(30)21-17-10-11-18(20-12-19(17)20)22(21)25(28)31/h1-11,17-22H,12-13H2. The summed E-state index contributed by atoms with van der Waals surface area (Å²) in [5.74, 6) is -0.458. The fourth-order valence-electron chi connectivity index (χ4n) is 5.92. The van der Waals surface area contributed by atoms with Crippen LogP contribution in [0.4, 0.5) is 10.1 Å². The maximum Gasteiger partial charge on any atom is 0.259 e. The predicted molar refractivity (Wildman–Crippen MR) is 111 cm³/mol. The lowest BCUT2D eigenvalue weighted by Crippen LogP contribution is -2.45. The third-order valence-corrected chi connectivity index (χ3v) is 7.44.